The molecule has 14 heavy (non-hydrogen) atoms. The second-order valence-corrected chi connectivity index (χ2v) is 4.16. The van der Waals surface area contributed by atoms with E-state index in [0.29, 0.717) is 0 Å². The van der Waals surface area contributed by atoms with E-state index in [0.717, 1.165) is 23.5 Å². The molecule has 0 spiro atoms. The highest BCUT2D eigenvalue weighted by molar-refractivity contribution is 5.26. The van der Waals surface area contributed by atoms with Crippen LogP contribution in [-0.4, -0.2) is 12.2 Å². The molecule has 0 aliphatic heterocycles. The number of hydrogen-bond donors (Lipinski definition) is 2. The molecule has 0 unspecified atom stereocenters. The van der Waals surface area contributed by atoms with Gasteiger partial charge in [-0.05, 0) is 43.4 Å². The summed E-state index contributed by atoms with van der Waals surface area (Å²) in [7, 11) is 0. The molecule has 4 nitrogen and oxygen atoms in total. The Morgan fingerprint density at radius 3 is 1.57 bits per heavy atom. The predicted molar refractivity (Wildman–Crippen MR) is 51.5 cm³/mol. The average Bonchev–Trinajstić information content (AvgIpc) is 2.64. The normalized spacial score (nSPS) is 31.4. The van der Waals surface area contributed by atoms with Crippen LogP contribution in [-0.2, 0) is 9.59 Å². The Kier molecular flexibility index (Phi) is 5.70. The maximum Gasteiger partial charge on any atom is 0.231 e. The Morgan fingerprint density at radius 2 is 1.50 bits per heavy atom. The molecule has 0 atom stereocenters. The van der Waals surface area contributed by atoms with Gasteiger partial charge in [-0.15, -0.1) is 0 Å². The van der Waals surface area contributed by atoms with Gasteiger partial charge in [-0.3, -0.25) is 0 Å². The van der Waals surface area contributed by atoms with Crippen molar-refractivity contribution >= 4 is 12.2 Å². The van der Waals surface area contributed by atoms with Crippen LogP contribution in [0, 0.1) is 22.2 Å². The van der Waals surface area contributed by atoms with Crippen LogP contribution < -0.4 is 0 Å². The first-order valence-electron chi connectivity index (χ1n) is 4.69. The van der Waals surface area contributed by atoms with Crippen molar-refractivity contribution in [1.29, 1.82) is 10.8 Å². The summed E-state index contributed by atoms with van der Waals surface area (Å²) in [6, 6.07) is 0. The van der Waals surface area contributed by atoms with E-state index >= 15 is 0 Å². The maximum absolute atomic E-state index is 8.35. The monoisotopic (exact) mass is 196 g/mol. The lowest BCUT2D eigenvalue weighted by atomic mass is 9.87. The minimum Gasteiger partial charge on any atom is -0.222 e. The van der Waals surface area contributed by atoms with Crippen LogP contribution in [0.1, 0.15) is 39.0 Å². The Labute approximate surface area is 83.7 Å². The van der Waals surface area contributed by atoms with E-state index in [4.69, 9.17) is 20.4 Å². The Balaban J connectivity index is 0.000000242. The molecule has 2 bridgehead atoms. The van der Waals surface area contributed by atoms with E-state index in [2.05, 4.69) is 6.92 Å². The highest BCUT2D eigenvalue weighted by Gasteiger charge is 2.40. The summed E-state index contributed by atoms with van der Waals surface area (Å²) in [6.45, 7) is 2.46. The van der Waals surface area contributed by atoms with Crippen molar-refractivity contribution in [2.45, 2.75) is 39.0 Å². The summed E-state index contributed by atoms with van der Waals surface area (Å²) in [4.78, 5) is 16.7. The van der Waals surface area contributed by atoms with Crippen LogP contribution in [0.2, 0.25) is 0 Å². The third-order valence-corrected chi connectivity index (χ3v) is 3.09. The summed E-state index contributed by atoms with van der Waals surface area (Å²) >= 11 is 0. The number of carbonyl (C=O) groups excluding carboxylic acids is 2. The van der Waals surface area contributed by atoms with Crippen LogP contribution in [0.5, 0.6) is 0 Å². The summed E-state index contributed by atoms with van der Waals surface area (Å²) in [5.41, 5.74) is 0.810. The van der Waals surface area contributed by atoms with Crippen molar-refractivity contribution in [3.63, 3.8) is 0 Å². The first kappa shape index (κ1) is 12.8. The van der Waals surface area contributed by atoms with E-state index in [-0.39, 0.29) is 0 Å². The van der Waals surface area contributed by atoms with Crippen LogP contribution >= 0.6 is 0 Å². The maximum atomic E-state index is 8.35. The van der Waals surface area contributed by atoms with Gasteiger partial charge in [0.25, 0.3) is 0 Å². The second-order valence-electron chi connectivity index (χ2n) is 4.16. The predicted octanol–water partition coefficient (Wildman–Crippen LogP) is 2.39. The van der Waals surface area contributed by atoms with Gasteiger partial charge in [-0.2, -0.15) is 0 Å². The fourth-order valence-electron chi connectivity index (χ4n) is 2.48. The third kappa shape index (κ3) is 4.13. The number of nitrogens with one attached hydrogen (secondary N) is 2. The van der Waals surface area contributed by atoms with Crippen LogP contribution in [0.25, 0.3) is 0 Å². The van der Waals surface area contributed by atoms with E-state index < -0.39 is 0 Å². The average molecular weight is 196 g/mol. The Bertz CT molecular complexity index is 219. The fourth-order valence-corrected chi connectivity index (χ4v) is 2.48. The van der Waals surface area contributed by atoms with Gasteiger partial charge in [0.05, 0.1) is 0 Å². The van der Waals surface area contributed by atoms with Crippen LogP contribution in [0.3, 0.4) is 0 Å². The van der Waals surface area contributed by atoms with Gasteiger partial charge in [-0.25, -0.2) is 20.4 Å². The third-order valence-electron chi connectivity index (χ3n) is 3.09. The molecule has 78 valence electrons. The van der Waals surface area contributed by atoms with E-state index in [1.54, 1.807) is 6.42 Å². The SMILES string of the molecule is CC12CCC(CC1)C2.N=C=O.N=C=O. The molecule has 4 heteroatoms. The summed E-state index contributed by atoms with van der Waals surface area (Å²) < 4.78 is 0. The second kappa shape index (κ2) is 6.25. The molecule has 2 saturated carbocycles. The van der Waals surface area contributed by atoms with Gasteiger partial charge < -0.3 is 0 Å². The first-order valence-corrected chi connectivity index (χ1v) is 4.69. The van der Waals surface area contributed by atoms with Gasteiger partial charge in [0.1, 0.15) is 0 Å². The van der Waals surface area contributed by atoms with E-state index in [1.165, 1.54) is 25.7 Å². The molecular formula is C10H16N2O2. The molecule has 2 N–H and O–H groups in total. The lowest BCUT2D eigenvalue weighted by molar-refractivity contribution is 0.332. The Hall–Kier alpha value is -1.24. The number of isocyanates is 2. The lowest BCUT2D eigenvalue weighted by Gasteiger charge is -2.18. The number of rotatable bonds is 0. The zero-order valence-electron chi connectivity index (χ0n) is 8.43. The molecule has 0 amide bonds. The minimum absolute atomic E-state index is 0.750. The molecule has 0 saturated heterocycles. The van der Waals surface area contributed by atoms with Gasteiger partial charge in [-0.1, -0.05) is 6.92 Å². The molecule has 2 aliphatic carbocycles. The van der Waals surface area contributed by atoms with Crippen LogP contribution in [0.15, 0.2) is 0 Å². The summed E-state index contributed by atoms with van der Waals surface area (Å²) in [5, 5.41) is 10.8. The van der Waals surface area contributed by atoms with Crippen molar-refractivity contribution < 1.29 is 9.59 Å². The van der Waals surface area contributed by atoms with Crippen molar-refractivity contribution in [2.24, 2.45) is 11.3 Å². The van der Waals surface area contributed by atoms with Crippen molar-refractivity contribution in [1.82, 2.24) is 0 Å². The molecule has 0 heterocycles. The topological polar surface area (TPSA) is 81.8 Å². The molecule has 0 aromatic carbocycles. The largest absolute Gasteiger partial charge is 0.231 e. The molecule has 2 aliphatic rings. The van der Waals surface area contributed by atoms with Crippen molar-refractivity contribution in [2.75, 3.05) is 0 Å². The van der Waals surface area contributed by atoms with E-state index in [1.807, 2.05) is 0 Å². The number of fused-ring (bicyclic) bond motifs is 2. The highest BCUT2D eigenvalue weighted by atomic mass is 16.1. The minimum atomic E-state index is 0.750. The Morgan fingerprint density at radius 1 is 1.14 bits per heavy atom. The molecule has 0 aromatic rings. The smallest absolute Gasteiger partial charge is 0.222 e. The zero-order valence-corrected chi connectivity index (χ0v) is 8.43. The number of hydrogen-bond acceptors (Lipinski definition) is 4. The van der Waals surface area contributed by atoms with Gasteiger partial charge in [0.15, 0.2) is 0 Å². The van der Waals surface area contributed by atoms with Gasteiger partial charge in [0.2, 0.25) is 12.2 Å². The van der Waals surface area contributed by atoms with Crippen molar-refractivity contribution in [3.8, 4) is 0 Å². The molecule has 2 fully saturated rings. The molecule has 2 rings (SSSR count). The van der Waals surface area contributed by atoms with E-state index in [9.17, 15) is 0 Å². The lowest BCUT2D eigenvalue weighted by Crippen LogP contribution is -2.06. The highest BCUT2D eigenvalue weighted by Crippen LogP contribution is 2.53. The summed E-state index contributed by atoms with van der Waals surface area (Å²) in [6.07, 6.45) is 9.18. The quantitative estimate of drug-likeness (QED) is 0.460. The fraction of sp³-hybridized carbons (Fsp3) is 0.800. The zero-order chi connectivity index (χ0) is 11.0. The summed E-state index contributed by atoms with van der Waals surface area (Å²) in [5.74, 6) is 1.14. The van der Waals surface area contributed by atoms with Gasteiger partial charge in [0, 0.05) is 0 Å². The molecule has 0 radical (unpaired) electrons. The van der Waals surface area contributed by atoms with Crippen LogP contribution in [0.4, 0.5) is 0 Å². The first-order chi connectivity index (χ1) is 6.61. The van der Waals surface area contributed by atoms with Crippen molar-refractivity contribution in [3.05, 3.63) is 0 Å². The molecular weight excluding hydrogens is 180 g/mol. The van der Waals surface area contributed by atoms with Gasteiger partial charge >= 0.3 is 0 Å². The standard InChI is InChI=1S/C8H14.2CHNO/c1-8-4-2-7(6-8)3-5-8;2*2-1-3/h7H,2-6H2,1H3;2*2H. The molecule has 0 aromatic heterocycles.